The second kappa shape index (κ2) is 6.72. The first kappa shape index (κ1) is 16.5. The highest BCUT2D eigenvalue weighted by Crippen LogP contribution is 2.23. The van der Waals surface area contributed by atoms with Crippen molar-refractivity contribution in [2.45, 2.75) is 58.6 Å². The van der Waals surface area contributed by atoms with Gasteiger partial charge in [-0.3, -0.25) is 9.59 Å². The smallest absolute Gasteiger partial charge is 0.408 e. The van der Waals surface area contributed by atoms with Crippen molar-refractivity contribution in [2.75, 3.05) is 6.61 Å². The molecule has 1 aliphatic rings. The van der Waals surface area contributed by atoms with Gasteiger partial charge in [0, 0.05) is 6.42 Å². The molecule has 1 rings (SSSR count). The molecule has 0 heterocycles. The van der Waals surface area contributed by atoms with E-state index in [1.165, 1.54) is 0 Å². The molecule has 114 valence electrons. The van der Waals surface area contributed by atoms with Crippen molar-refractivity contribution in [1.82, 2.24) is 5.32 Å². The molecule has 0 radical (unpaired) electrons. The van der Waals surface area contributed by atoms with Crippen LogP contribution in [0.15, 0.2) is 0 Å². The van der Waals surface area contributed by atoms with Crippen LogP contribution in [0.4, 0.5) is 4.79 Å². The summed E-state index contributed by atoms with van der Waals surface area (Å²) in [6.45, 7) is 7.31. The first-order valence-electron chi connectivity index (χ1n) is 6.91. The first-order chi connectivity index (χ1) is 9.23. The molecule has 20 heavy (non-hydrogen) atoms. The summed E-state index contributed by atoms with van der Waals surface area (Å²) in [5.41, 5.74) is -0.602. The summed E-state index contributed by atoms with van der Waals surface area (Å²) in [4.78, 5) is 35.1. The van der Waals surface area contributed by atoms with Crippen molar-refractivity contribution in [1.29, 1.82) is 0 Å². The van der Waals surface area contributed by atoms with Crippen molar-refractivity contribution in [3.05, 3.63) is 0 Å². The molecule has 0 aromatic rings. The van der Waals surface area contributed by atoms with Gasteiger partial charge in [0.2, 0.25) is 0 Å². The first-order valence-corrected chi connectivity index (χ1v) is 6.91. The summed E-state index contributed by atoms with van der Waals surface area (Å²) in [7, 11) is 0. The van der Waals surface area contributed by atoms with Gasteiger partial charge < -0.3 is 14.8 Å². The van der Waals surface area contributed by atoms with E-state index < -0.39 is 17.7 Å². The van der Waals surface area contributed by atoms with E-state index in [0.29, 0.717) is 19.4 Å². The number of carbonyl (C=O) groups is 3. The van der Waals surface area contributed by atoms with Crippen molar-refractivity contribution >= 4 is 17.8 Å². The molecular formula is C14H23NO5. The highest BCUT2D eigenvalue weighted by atomic mass is 16.6. The number of amides is 1. The van der Waals surface area contributed by atoms with E-state index in [9.17, 15) is 14.4 Å². The minimum Gasteiger partial charge on any atom is -0.466 e. The van der Waals surface area contributed by atoms with E-state index in [4.69, 9.17) is 9.47 Å². The highest BCUT2D eigenvalue weighted by Gasteiger charge is 2.34. The molecular weight excluding hydrogens is 262 g/mol. The summed E-state index contributed by atoms with van der Waals surface area (Å²) in [5, 5.41) is 2.55. The molecule has 0 aromatic heterocycles. The molecule has 2 atom stereocenters. The third-order valence-corrected chi connectivity index (χ3v) is 2.95. The molecule has 1 aliphatic carbocycles. The van der Waals surface area contributed by atoms with Crippen LogP contribution in [-0.4, -0.2) is 36.1 Å². The predicted molar refractivity (Wildman–Crippen MR) is 72.1 cm³/mol. The van der Waals surface area contributed by atoms with E-state index in [1.807, 2.05) is 0 Å². The Labute approximate surface area is 119 Å². The molecule has 6 nitrogen and oxygen atoms in total. The quantitative estimate of drug-likeness (QED) is 0.800. The normalized spacial score (nSPS) is 23.1. The van der Waals surface area contributed by atoms with Crippen LogP contribution in [0.25, 0.3) is 0 Å². The lowest BCUT2D eigenvalue weighted by Gasteiger charge is -2.28. The standard InChI is InChI=1S/C14H23NO5/c1-5-19-12(17)9-6-7-10(11(16)8-9)15-13(18)20-14(2,3)4/h9-10H,5-8H2,1-4H3,(H,15,18)/t9-,10-/m0/s1. The summed E-state index contributed by atoms with van der Waals surface area (Å²) in [6.07, 6.45) is 0.469. The Morgan fingerprint density at radius 1 is 1.30 bits per heavy atom. The molecule has 1 saturated carbocycles. The maximum absolute atomic E-state index is 11.9. The Bertz CT molecular complexity index is 386. The number of nitrogens with one attached hydrogen (secondary N) is 1. The Hall–Kier alpha value is -1.59. The van der Waals surface area contributed by atoms with Crippen LogP contribution >= 0.6 is 0 Å². The molecule has 1 amide bonds. The van der Waals surface area contributed by atoms with Gasteiger partial charge in [0.05, 0.1) is 18.6 Å². The SMILES string of the molecule is CCOC(=O)[C@H]1CC[C@H](NC(=O)OC(C)(C)C)C(=O)C1. The van der Waals surface area contributed by atoms with E-state index in [-0.39, 0.29) is 24.1 Å². The molecule has 0 saturated heterocycles. The topological polar surface area (TPSA) is 81.7 Å². The van der Waals surface area contributed by atoms with E-state index in [2.05, 4.69) is 5.32 Å². The molecule has 0 aliphatic heterocycles. The highest BCUT2D eigenvalue weighted by molar-refractivity contribution is 5.91. The fraction of sp³-hybridized carbons (Fsp3) is 0.786. The van der Waals surface area contributed by atoms with Crippen molar-refractivity contribution in [3.8, 4) is 0 Å². The van der Waals surface area contributed by atoms with E-state index >= 15 is 0 Å². The van der Waals surface area contributed by atoms with Crippen LogP contribution in [0, 0.1) is 5.92 Å². The number of ketones is 1. The van der Waals surface area contributed by atoms with Gasteiger partial charge in [0.25, 0.3) is 0 Å². The molecule has 0 bridgehead atoms. The van der Waals surface area contributed by atoms with Crippen molar-refractivity contribution < 1.29 is 23.9 Å². The number of hydrogen-bond donors (Lipinski definition) is 1. The lowest BCUT2D eigenvalue weighted by Crippen LogP contribution is -2.47. The average molecular weight is 285 g/mol. The molecule has 0 unspecified atom stereocenters. The zero-order valence-corrected chi connectivity index (χ0v) is 12.5. The molecule has 6 heteroatoms. The summed E-state index contributed by atoms with van der Waals surface area (Å²) in [5.74, 6) is -0.879. The third kappa shape index (κ3) is 5.19. The van der Waals surface area contributed by atoms with Gasteiger partial charge in [-0.2, -0.15) is 0 Å². The average Bonchev–Trinajstić information content (AvgIpc) is 2.29. The van der Waals surface area contributed by atoms with E-state index in [1.54, 1.807) is 27.7 Å². The minimum absolute atomic E-state index is 0.110. The van der Waals surface area contributed by atoms with Gasteiger partial charge in [0.1, 0.15) is 5.60 Å². The minimum atomic E-state index is -0.606. The second-order valence-corrected chi connectivity index (χ2v) is 5.90. The molecule has 1 fully saturated rings. The molecule has 1 N–H and O–H groups in total. The van der Waals surface area contributed by atoms with Crippen LogP contribution in [-0.2, 0) is 19.1 Å². The van der Waals surface area contributed by atoms with Crippen molar-refractivity contribution in [3.63, 3.8) is 0 Å². The zero-order valence-electron chi connectivity index (χ0n) is 12.5. The maximum atomic E-state index is 11.9. The van der Waals surface area contributed by atoms with E-state index in [0.717, 1.165) is 0 Å². The van der Waals surface area contributed by atoms with Crippen LogP contribution in [0.2, 0.25) is 0 Å². The lowest BCUT2D eigenvalue weighted by molar-refractivity contribution is -0.151. The fourth-order valence-electron chi connectivity index (χ4n) is 2.08. The van der Waals surface area contributed by atoms with Crippen LogP contribution in [0.3, 0.4) is 0 Å². The number of hydrogen-bond acceptors (Lipinski definition) is 5. The van der Waals surface area contributed by atoms with Gasteiger partial charge in [-0.05, 0) is 40.5 Å². The largest absolute Gasteiger partial charge is 0.466 e. The van der Waals surface area contributed by atoms with Crippen molar-refractivity contribution in [2.24, 2.45) is 5.92 Å². The number of Topliss-reactive ketones (excluding diaryl/α,β-unsaturated/α-hetero) is 1. The van der Waals surface area contributed by atoms with Crippen LogP contribution < -0.4 is 5.32 Å². The Morgan fingerprint density at radius 2 is 1.95 bits per heavy atom. The summed E-state index contributed by atoms with van der Waals surface area (Å²) >= 11 is 0. The maximum Gasteiger partial charge on any atom is 0.408 e. The molecule has 0 spiro atoms. The number of carbonyl (C=O) groups excluding carboxylic acids is 3. The van der Waals surface area contributed by atoms with Crippen LogP contribution in [0.1, 0.15) is 47.0 Å². The van der Waals surface area contributed by atoms with Gasteiger partial charge in [-0.25, -0.2) is 4.79 Å². The summed E-state index contributed by atoms with van der Waals surface area (Å²) < 4.78 is 10.0. The zero-order chi connectivity index (χ0) is 15.3. The van der Waals surface area contributed by atoms with Gasteiger partial charge in [0.15, 0.2) is 5.78 Å². The second-order valence-electron chi connectivity index (χ2n) is 5.90. The van der Waals surface area contributed by atoms with Gasteiger partial charge >= 0.3 is 12.1 Å². The Kier molecular flexibility index (Phi) is 5.53. The molecule has 0 aromatic carbocycles. The van der Waals surface area contributed by atoms with Gasteiger partial charge in [-0.15, -0.1) is 0 Å². The fourth-order valence-corrected chi connectivity index (χ4v) is 2.08. The predicted octanol–water partition coefficient (Wildman–Crippen LogP) is 1.81. The number of alkyl carbamates (subject to hydrolysis) is 1. The Balaban J connectivity index is 2.47. The number of ether oxygens (including phenoxy) is 2. The summed E-state index contributed by atoms with van der Waals surface area (Å²) in [6, 6.07) is -0.574. The Morgan fingerprint density at radius 3 is 2.45 bits per heavy atom. The van der Waals surface area contributed by atoms with Gasteiger partial charge in [-0.1, -0.05) is 0 Å². The third-order valence-electron chi connectivity index (χ3n) is 2.95. The number of rotatable bonds is 3. The van der Waals surface area contributed by atoms with Crippen LogP contribution in [0.5, 0.6) is 0 Å². The lowest BCUT2D eigenvalue weighted by atomic mass is 9.85. The number of esters is 1. The monoisotopic (exact) mass is 285 g/mol.